The average molecular weight is 404 g/mol. The first-order valence-corrected chi connectivity index (χ1v) is 9.45. The number of thiocarbonyl (C=S) groups is 1. The maximum absolute atomic E-state index is 12.9. The van der Waals surface area contributed by atoms with Gasteiger partial charge in [0.1, 0.15) is 11.6 Å². The van der Waals surface area contributed by atoms with Crippen LogP contribution in [-0.4, -0.2) is 53.5 Å². The quantitative estimate of drug-likeness (QED) is 0.751. The summed E-state index contributed by atoms with van der Waals surface area (Å²) in [6.07, 6.45) is 0. The van der Waals surface area contributed by atoms with Crippen LogP contribution in [-0.2, 0) is 11.3 Å². The van der Waals surface area contributed by atoms with Gasteiger partial charge in [0, 0.05) is 38.4 Å². The third kappa shape index (κ3) is 5.97. The van der Waals surface area contributed by atoms with Gasteiger partial charge in [-0.3, -0.25) is 9.69 Å². The molecule has 1 aliphatic rings. The van der Waals surface area contributed by atoms with Gasteiger partial charge in [-0.2, -0.15) is 0 Å². The number of anilines is 1. The van der Waals surface area contributed by atoms with Crippen LogP contribution in [0.1, 0.15) is 5.56 Å². The SMILES string of the molecule is O=C(CN1CCN(C(=S)NCc2ccc(F)cc2)CC1)Nc1ccc(F)cc1. The molecule has 0 spiro atoms. The molecule has 8 heteroatoms. The van der Waals surface area contributed by atoms with E-state index < -0.39 is 0 Å². The number of nitrogens with one attached hydrogen (secondary N) is 2. The van der Waals surface area contributed by atoms with Gasteiger partial charge in [-0.25, -0.2) is 8.78 Å². The Hall–Kier alpha value is -2.58. The van der Waals surface area contributed by atoms with Crippen LogP contribution in [0.3, 0.4) is 0 Å². The Morgan fingerprint density at radius 2 is 1.50 bits per heavy atom. The number of carbonyl (C=O) groups excluding carboxylic acids is 1. The van der Waals surface area contributed by atoms with Gasteiger partial charge in [0.25, 0.3) is 0 Å². The first-order valence-electron chi connectivity index (χ1n) is 9.04. The summed E-state index contributed by atoms with van der Waals surface area (Å²) in [5.74, 6) is -0.721. The maximum atomic E-state index is 12.9. The lowest BCUT2D eigenvalue weighted by Gasteiger charge is -2.35. The summed E-state index contributed by atoms with van der Waals surface area (Å²) in [7, 11) is 0. The van der Waals surface area contributed by atoms with E-state index in [4.69, 9.17) is 12.2 Å². The average Bonchev–Trinajstić information content (AvgIpc) is 2.69. The second-order valence-corrected chi connectivity index (χ2v) is 6.99. The first-order chi connectivity index (χ1) is 13.5. The molecule has 0 bridgehead atoms. The summed E-state index contributed by atoms with van der Waals surface area (Å²) in [6, 6.07) is 12.0. The Morgan fingerprint density at radius 3 is 2.11 bits per heavy atom. The lowest BCUT2D eigenvalue weighted by atomic mass is 10.2. The minimum atomic E-state index is -0.335. The fourth-order valence-electron chi connectivity index (χ4n) is 2.94. The van der Waals surface area contributed by atoms with Crippen LogP contribution in [0.15, 0.2) is 48.5 Å². The molecule has 1 saturated heterocycles. The molecule has 1 fully saturated rings. The van der Waals surface area contributed by atoms with E-state index in [0.29, 0.717) is 17.3 Å². The van der Waals surface area contributed by atoms with Crippen molar-refractivity contribution in [2.45, 2.75) is 6.54 Å². The molecule has 0 radical (unpaired) electrons. The van der Waals surface area contributed by atoms with Crippen LogP contribution in [0.5, 0.6) is 0 Å². The van der Waals surface area contributed by atoms with Gasteiger partial charge >= 0.3 is 0 Å². The topological polar surface area (TPSA) is 47.6 Å². The van der Waals surface area contributed by atoms with Gasteiger partial charge in [0.2, 0.25) is 5.91 Å². The highest BCUT2D eigenvalue weighted by atomic mass is 32.1. The van der Waals surface area contributed by atoms with Crippen LogP contribution in [0.2, 0.25) is 0 Å². The second-order valence-electron chi connectivity index (χ2n) is 6.60. The Bertz CT molecular complexity index is 806. The summed E-state index contributed by atoms with van der Waals surface area (Å²) in [5, 5.41) is 6.61. The minimum absolute atomic E-state index is 0.128. The Labute approximate surface area is 168 Å². The zero-order valence-electron chi connectivity index (χ0n) is 15.3. The third-order valence-electron chi connectivity index (χ3n) is 4.51. The second kappa shape index (κ2) is 9.57. The van der Waals surface area contributed by atoms with E-state index in [0.717, 1.165) is 31.7 Å². The molecule has 1 heterocycles. The Balaban J connectivity index is 1.38. The molecule has 0 aromatic heterocycles. The van der Waals surface area contributed by atoms with E-state index in [-0.39, 0.29) is 24.1 Å². The zero-order valence-corrected chi connectivity index (χ0v) is 16.1. The lowest BCUT2D eigenvalue weighted by Crippen LogP contribution is -2.52. The van der Waals surface area contributed by atoms with E-state index in [9.17, 15) is 13.6 Å². The van der Waals surface area contributed by atoms with Crippen LogP contribution in [0.4, 0.5) is 14.5 Å². The molecule has 2 N–H and O–H groups in total. The van der Waals surface area contributed by atoms with Crippen molar-refractivity contribution in [1.82, 2.24) is 15.1 Å². The fraction of sp³-hybridized carbons (Fsp3) is 0.300. The lowest BCUT2D eigenvalue weighted by molar-refractivity contribution is -0.117. The molecule has 2 aromatic carbocycles. The van der Waals surface area contributed by atoms with Crippen molar-refractivity contribution in [3.05, 3.63) is 65.7 Å². The van der Waals surface area contributed by atoms with Crippen LogP contribution >= 0.6 is 12.2 Å². The standard InChI is InChI=1S/C20H22F2N4OS/c21-16-3-1-15(2-4-16)13-23-20(28)26-11-9-25(10-12-26)14-19(27)24-18-7-5-17(22)6-8-18/h1-8H,9-14H2,(H,23,28)(H,24,27). The van der Waals surface area contributed by atoms with E-state index in [1.807, 2.05) is 0 Å². The van der Waals surface area contributed by atoms with Crippen molar-refractivity contribution in [3.63, 3.8) is 0 Å². The van der Waals surface area contributed by atoms with E-state index in [1.54, 1.807) is 12.1 Å². The number of halogens is 2. The molecule has 0 saturated carbocycles. The number of amides is 1. The zero-order chi connectivity index (χ0) is 19.9. The Kier molecular flexibility index (Phi) is 6.89. The molecule has 148 valence electrons. The summed E-state index contributed by atoms with van der Waals surface area (Å²) in [4.78, 5) is 16.3. The van der Waals surface area contributed by atoms with Gasteiger partial charge in [-0.05, 0) is 54.2 Å². The molecule has 0 atom stereocenters. The first kappa shape index (κ1) is 20.2. The highest BCUT2D eigenvalue weighted by Gasteiger charge is 2.20. The molecular weight excluding hydrogens is 382 g/mol. The molecule has 1 amide bonds. The number of carbonyl (C=O) groups is 1. The molecule has 1 aliphatic heterocycles. The molecule has 3 rings (SSSR count). The van der Waals surface area contributed by atoms with Crippen molar-refractivity contribution >= 4 is 28.9 Å². The number of hydrogen-bond acceptors (Lipinski definition) is 3. The predicted molar refractivity (Wildman–Crippen MR) is 109 cm³/mol. The van der Waals surface area contributed by atoms with Crippen molar-refractivity contribution in [3.8, 4) is 0 Å². The number of rotatable bonds is 5. The summed E-state index contributed by atoms with van der Waals surface area (Å²) < 4.78 is 25.8. The molecule has 5 nitrogen and oxygen atoms in total. The largest absolute Gasteiger partial charge is 0.358 e. The number of nitrogens with zero attached hydrogens (tertiary/aromatic N) is 2. The summed E-state index contributed by atoms with van der Waals surface area (Å²) in [6.45, 7) is 3.70. The summed E-state index contributed by atoms with van der Waals surface area (Å²) >= 11 is 5.43. The van der Waals surface area contributed by atoms with Gasteiger partial charge in [-0.15, -0.1) is 0 Å². The van der Waals surface area contributed by atoms with Gasteiger partial charge in [0.05, 0.1) is 6.54 Å². The number of benzene rings is 2. The monoisotopic (exact) mass is 404 g/mol. The van der Waals surface area contributed by atoms with E-state index in [1.165, 1.54) is 36.4 Å². The smallest absolute Gasteiger partial charge is 0.238 e. The normalized spacial score (nSPS) is 14.6. The maximum Gasteiger partial charge on any atom is 0.238 e. The summed E-state index contributed by atoms with van der Waals surface area (Å²) in [5.41, 5.74) is 1.54. The van der Waals surface area contributed by atoms with Gasteiger partial charge in [-0.1, -0.05) is 12.1 Å². The van der Waals surface area contributed by atoms with Crippen molar-refractivity contribution < 1.29 is 13.6 Å². The van der Waals surface area contributed by atoms with E-state index >= 15 is 0 Å². The third-order valence-corrected chi connectivity index (χ3v) is 4.91. The van der Waals surface area contributed by atoms with Crippen molar-refractivity contribution in [2.75, 3.05) is 38.0 Å². The number of piperazine rings is 1. The van der Waals surface area contributed by atoms with E-state index in [2.05, 4.69) is 20.4 Å². The molecule has 2 aromatic rings. The predicted octanol–water partition coefficient (Wildman–Crippen LogP) is 2.60. The number of hydrogen-bond donors (Lipinski definition) is 2. The molecule has 28 heavy (non-hydrogen) atoms. The van der Waals surface area contributed by atoms with Crippen LogP contribution in [0, 0.1) is 11.6 Å². The van der Waals surface area contributed by atoms with Crippen molar-refractivity contribution in [1.29, 1.82) is 0 Å². The minimum Gasteiger partial charge on any atom is -0.358 e. The van der Waals surface area contributed by atoms with Crippen molar-refractivity contribution in [2.24, 2.45) is 0 Å². The molecule has 0 aliphatic carbocycles. The highest BCUT2D eigenvalue weighted by molar-refractivity contribution is 7.80. The highest BCUT2D eigenvalue weighted by Crippen LogP contribution is 2.09. The Morgan fingerprint density at radius 1 is 0.929 bits per heavy atom. The fourth-order valence-corrected chi connectivity index (χ4v) is 3.19. The van der Waals surface area contributed by atoms with Gasteiger partial charge in [0.15, 0.2) is 5.11 Å². The molecular formula is C20H22F2N4OS. The molecule has 0 unspecified atom stereocenters. The van der Waals surface area contributed by atoms with Gasteiger partial charge < -0.3 is 15.5 Å². The van der Waals surface area contributed by atoms with Crippen LogP contribution in [0.25, 0.3) is 0 Å². The van der Waals surface area contributed by atoms with Crippen LogP contribution < -0.4 is 10.6 Å².